The van der Waals surface area contributed by atoms with Gasteiger partial charge in [-0.05, 0) is 83.6 Å². The Bertz CT molecular complexity index is 1860. The van der Waals surface area contributed by atoms with Gasteiger partial charge in [0, 0.05) is 31.4 Å². The van der Waals surface area contributed by atoms with Crippen molar-refractivity contribution < 1.29 is 23.8 Å². The Balaban J connectivity index is 1.08. The smallest absolute Gasteiger partial charge is 0.410 e. The van der Waals surface area contributed by atoms with Crippen LogP contribution in [-0.2, 0) is 16.0 Å². The zero-order valence-electron chi connectivity index (χ0n) is 28.4. The third-order valence-corrected chi connectivity index (χ3v) is 9.15. The molecule has 1 saturated heterocycles. The summed E-state index contributed by atoms with van der Waals surface area (Å²) in [7, 11) is 0. The van der Waals surface area contributed by atoms with Gasteiger partial charge in [0.1, 0.15) is 18.3 Å². The minimum absolute atomic E-state index is 0.0561. The Hall–Kier alpha value is -4.42. The van der Waals surface area contributed by atoms with E-state index in [0.29, 0.717) is 60.0 Å². The highest BCUT2D eigenvalue weighted by Gasteiger charge is 2.29. The normalized spacial score (nSPS) is 19.9. The molecular weight excluding hydrogens is 648 g/mol. The molecule has 49 heavy (non-hydrogen) atoms. The van der Waals surface area contributed by atoms with E-state index in [0.717, 1.165) is 36.7 Å². The van der Waals surface area contributed by atoms with Crippen LogP contribution in [0.25, 0.3) is 16.7 Å². The quantitative estimate of drug-likeness (QED) is 0.255. The number of nitrogens with zero attached hydrogens (tertiary/aromatic N) is 5. The monoisotopic (exact) mass is 690 g/mol. The number of nitrogens with one attached hydrogen (secondary N) is 1. The molecule has 4 aromatic rings. The highest BCUT2D eigenvalue weighted by atomic mass is 35.5. The molecular formula is C36H43ClN6O6. The summed E-state index contributed by atoms with van der Waals surface area (Å²) in [6.07, 6.45) is 5.91. The lowest BCUT2D eigenvalue weighted by molar-refractivity contribution is -0.0561. The number of morpholine rings is 1. The number of carbonyl (C=O) groups is 2. The molecule has 6 rings (SSSR count). The highest BCUT2D eigenvalue weighted by Crippen LogP contribution is 2.28. The fourth-order valence-corrected chi connectivity index (χ4v) is 6.62. The van der Waals surface area contributed by atoms with Crippen molar-refractivity contribution >= 4 is 34.6 Å². The summed E-state index contributed by atoms with van der Waals surface area (Å²) in [4.78, 5) is 49.6. The van der Waals surface area contributed by atoms with Gasteiger partial charge in [-0.15, -0.1) is 0 Å². The maximum atomic E-state index is 13.9. The van der Waals surface area contributed by atoms with Gasteiger partial charge >= 0.3 is 11.8 Å². The summed E-state index contributed by atoms with van der Waals surface area (Å²) >= 11 is 6.07. The second-order valence-electron chi connectivity index (χ2n) is 13.8. The molecule has 3 aromatic heterocycles. The van der Waals surface area contributed by atoms with E-state index in [-0.39, 0.29) is 36.4 Å². The van der Waals surface area contributed by atoms with Gasteiger partial charge in [-0.3, -0.25) is 18.9 Å². The molecule has 1 unspecified atom stereocenters. The Morgan fingerprint density at radius 3 is 2.51 bits per heavy atom. The number of halogens is 1. The number of fused-ring (bicyclic) bond motifs is 1. The minimum Gasteiger partial charge on any atom is -0.475 e. The lowest BCUT2D eigenvalue weighted by atomic mass is 9.85. The van der Waals surface area contributed by atoms with Crippen LogP contribution in [0.15, 0.2) is 59.7 Å². The zero-order valence-corrected chi connectivity index (χ0v) is 29.1. The number of pyridine rings is 2. The molecule has 1 aliphatic carbocycles. The van der Waals surface area contributed by atoms with E-state index in [4.69, 9.17) is 25.8 Å². The van der Waals surface area contributed by atoms with Gasteiger partial charge in [-0.2, -0.15) is 0 Å². The Morgan fingerprint density at radius 2 is 1.80 bits per heavy atom. The zero-order chi connectivity index (χ0) is 34.7. The van der Waals surface area contributed by atoms with Gasteiger partial charge in [-0.25, -0.2) is 14.6 Å². The summed E-state index contributed by atoms with van der Waals surface area (Å²) in [5.74, 6) is 0.526. The van der Waals surface area contributed by atoms with E-state index in [1.54, 1.807) is 34.7 Å². The third kappa shape index (κ3) is 8.25. The molecule has 4 heterocycles. The molecule has 13 heteroatoms. The van der Waals surface area contributed by atoms with Crippen LogP contribution in [0.5, 0.6) is 5.88 Å². The molecule has 2 aliphatic rings. The van der Waals surface area contributed by atoms with Crippen molar-refractivity contribution in [1.82, 2.24) is 29.3 Å². The molecule has 1 N–H and O–H groups in total. The van der Waals surface area contributed by atoms with Crippen LogP contribution in [0.3, 0.4) is 0 Å². The van der Waals surface area contributed by atoms with Crippen molar-refractivity contribution in [2.45, 2.75) is 77.7 Å². The van der Waals surface area contributed by atoms with Crippen molar-refractivity contribution in [3.63, 3.8) is 0 Å². The summed E-state index contributed by atoms with van der Waals surface area (Å²) in [6, 6.07) is 13.0. The number of para-hydroxylation sites is 2. The van der Waals surface area contributed by atoms with Crippen LogP contribution >= 0.6 is 11.6 Å². The van der Waals surface area contributed by atoms with E-state index in [9.17, 15) is 14.4 Å². The number of ether oxygens (including phenoxy) is 3. The first kappa shape index (κ1) is 34.4. The van der Waals surface area contributed by atoms with Crippen LogP contribution in [0.1, 0.15) is 62.5 Å². The number of aryl methyl sites for hydroxylation is 1. The molecule has 1 atom stereocenters. The lowest BCUT2D eigenvalue weighted by Gasteiger charge is -2.34. The number of amides is 2. The maximum Gasteiger partial charge on any atom is 0.410 e. The first-order chi connectivity index (χ1) is 23.4. The summed E-state index contributed by atoms with van der Waals surface area (Å²) in [5.41, 5.74) is 2.73. The topological polar surface area (TPSA) is 130 Å². The third-order valence-electron chi connectivity index (χ3n) is 8.94. The second-order valence-corrected chi connectivity index (χ2v) is 14.2. The molecule has 12 nitrogen and oxygen atoms in total. The molecule has 2 amide bonds. The number of rotatable bonds is 8. The van der Waals surface area contributed by atoms with Crippen LogP contribution in [0.2, 0.25) is 5.02 Å². The van der Waals surface area contributed by atoms with E-state index in [2.05, 4.69) is 15.3 Å². The standard InChI is InChI=1S/C36H43ClN6O6/c1-23-29(17-25(37)18-38-23)33(44)40-26-11-9-24(10-12-26)20-42-30-7-5-6-8-31(30)43(34(42)45)27-13-14-32(39-19-27)48-22-28-21-41(15-16-47-28)35(46)49-36(2,3)4/h5-8,13-14,17-19,24,26,28H,9-12,15-16,20-22H2,1-4H3,(H,40,44). The Labute approximate surface area is 290 Å². The molecule has 0 spiro atoms. The van der Waals surface area contributed by atoms with Crippen molar-refractivity contribution in [3.05, 3.63) is 81.6 Å². The van der Waals surface area contributed by atoms with Gasteiger partial charge in [0.15, 0.2) is 0 Å². The number of imidazole rings is 1. The molecule has 0 radical (unpaired) electrons. The number of carbonyl (C=O) groups excluding carboxylic acids is 2. The molecule has 1 saturated carbocycles. The predicted molar refractivity (Wildman–Crippen MR) is 186 cm³/mol. The number of aromatic nitrogens is 4. The van der Waals surface area contributed by atoms with Crippen LogP contribution < -0.4 is 15.7 Å². The largest absolute Gasteiger partial charge is 0.475 e. The van der Waals surface area contributed by atoms with Crippen molar-refractivity contribution in [2.24, 2.45) is 5.92 Å². The maximum absolute atomic E-state index is 13.9. The Morgan fingerprint density at radius 1 is 1.04 bits per heavy atom. The van der Waals surface area contributed by atoms with Crippen molar-refractivity contribution in [2.75, 3.05) is 26.3 Å². The second kappa shape index (κ2) is 14.6. The lowest BCUT2D eigenvalue weighted by Crippen LogP contribution is -2.49. The minimum atomic E-state index is -0.571. The first-order valence-corrected chi connectivity index (χ1v) is 17.1. The number of benzene rings is 1. The van der Waals surface area contributed by atoms with Crippen molar-refractivity contribution in [3.8, 4) is 11.6 Å². The number of hydrogen-bond acceptors (Lipinski definition) is 8. The fourth-order valence-electron chi connectivity index (χ4n) is 6.46. The van der Waals surface area contributed by atoms with Gasteiger partial charge in [-0.1, -0.05) is 23.7 Å². The summed E-state index contributed by atoms with van der Waals surface area (Å²) in [6.45, 7) is 9.33. The van der Waals surface area contributed by atoms with Crippen LogP contribution in [0.4, 0.5) is 4.79 Å². The molecule has 1 aromatic carbocycles. The van der Waals surface area contributed by atoms with Crippen molar-refractivity contribution in [1.29, 1.82) is 0 Å². The van der Waals surface area contributed by atoms with E-state index < -0.39 is 5.60 Å². The van der Waals surface area contributed by atoms with E-state index >= 15 is 0 Å². The molecule has 0 bridgehead atoms. The van der Waals surface area contributed by atoms with Gasteiger partial charge in [0.05, 0.1) is 52.3 Å². The van der Waals surface area contributed by atoms with Crippen LogP contribution in [-0.4, -0.2) is 80.1 Å². The van der Waals surface area contributed by atoms with Gasteiger partial charge < -0.3 is 24.4 Å². The van der Waals surface area contributed by atoms with E-state index in [1.807, 2.05) is 55.7 Å². The molecule has 1 aliphatic heterocycles. The van der Waals surface area contributed by atoms with E-state index in [1.165, 1.54) is 6.20 Å². The predicted octanol–water partition coefficient (Wildman–Crippen LogP) is 5.55. The SMILES string of the molecule is Cc1ncc(Cl)cc1C(=O)NC1CCC(Cn2c(=O)n(-c3ccc(OCC4CN(C(=O)OC(C)(C)C)CCO4)nc3)c3ccccc32)CC1. The average molecular weight is 691 g/mol. The first-order valence-electron chi connectivity index (χ1n) is 16.8. The molecule has 260 valence electrons. The fraction of sp³-hybridized carbons (Fsp3) is 0.472. The van der Waals surface area contributed by atoms with Gasteiger partial charge in [0.2, 0.25) is 5.88 Å². The number of hydrogen-bond donors (Lipinski definition) is 1. The highest BCUT2D eigenvalue weighted by molar-refractivity contribution is 6.30. The van der Waals surface area contributed by atoms with Gasteiger partial charge in [0.25, 0.3) is 5.91 Å². The Kier molecular flexibility index (Phi) is 10.3. The summed E-state index contributed by atoms with van der Waals surface area (Å²) < 4.78 is 20.7. The average Bonchev–Trinajstić information content (AvgIpc) is 3.35. The van der Waals surface area contributed by atoms with Crippen LogP contribution in [0, 0.1) is 12.8 Å². The molecule has 2 fully saturated rings. The summed E-state index contributed by atoms with van der Waals surface area (Å²) in [5, 5.41) is 3.58.